The van der Waals surface area contributed by atoms with Gasteiger partial charge in [0.05, 0.1) is 15.1 Å². The number of aromatic nitrogens is 4. The molecule has 0 saturated heterocycles. The van der Waals surface area contributed by atoms with Crippen LogP contribution in [-0.4, -0.2) is 28.2 Å². The molecule has 0 radical (unpaired) electrons. The molecule has 0 aliphatic carbocycles. The summed E-state index contributed by atoms with van der Waals surface area (Å²) in [5.74, 6) is 0.578. The molecule has 1 N–H and O–H groups in total. The Morgan fingerprint density at radius 1 is 0.968 bits per heavy atom. The predicted molar refractivity (Wildman–Crippen MR) is 122 cm³/mol. The Labute approximate surface area is 183 Å². The molecule has 5 aromatic rings. The molecule has 2 aromatic carbocycles. The summed E-state index contributed by atoms with van der Waals surface area (Å²) in [7, 11) is -3.88. The summed E-state index contributed by atoms with van der Waals surface area (Å²) in [5.41, 5.74) is 5.02. The van der Waals surface area contributed by atoms with Gasteiger partial charge in [0.1, 0.15) is 0 Å². The summed E-state index contributed by atoms with van der Waals surface area (Å²) in [6.45, 7) is 5.94. The van der Waals surface area contributed by atoms with E-state index in [-0.39, 0.29) is 15.6 Å². The molecule has 0 bridgehead atoms. The zero-order valence-electron chi connectivity index (χ0n) is 17.1. The van der Waals surface area contributed by atoms with E-state index >= 15 is 0 Å². The summed E-state index contributed by atoms with van der Waals surface area (Å²) in [6, 6.07) is 14.7. The van der Waals surface area contributed by atoms with Gasteiger partial charge in [0, 0.05) is 5.69 Å². The summed E-state index contributed by atoms with van der Waals surface area (Å²) in [4.78, 5) is 4.83. The Morgan fingerprint density at radius 3 is 2.48 bits per heavy atom. The topological polar surface area (TPSA) is 89.2 Å². The van der Waals surface area contributed by atoms with Gasteiger partial charge in [0.25, 0.3) is 0 Å². The van der Waals surface area contributed by atoms with Crippen molar-refractivity contribution in [3.63, 3.8) is 0 Å². The van der Waals surface area contributed by atoms with E-state index in [2.05, 4.69) is 20.6 Å². The number of rotatable bonds is 4. The van der Waals surface area contributed by atoms with Crippen LogP contribution in [0.2, 0.25) is 0 Å². The quantitative estimate of drug-likeness (QED) is 0.422. The Balaban J connectivity index is 1.72. The first-order valence-corrected chi connectivity index (χ1v) is 12.0. The van der Waals surface area contributed by atoms with Crippen LogP contribution in [0.5, 0.6) is 0 Å². The van der Waals surface area contributed by atoms with Gasteiger partial charge in [-0.25, -0.2) is 13.4 Å². The largest absolute Gasteiger partial charge is 0.339 e. The maximum atomic E-state index is 13.3. The van der Waals surface area contributed by atoms with Gasteiger partial charge in [-0.15, -0.1) is 16.4 Å². The lowest BCUT2D eigenvalue weighted by Crippen LogP contribution is -2.05. The molecule has 9 heteroatoms. The van der Waals surface area contributed by atoms with Crippen LogP contribution >= 0.6 is 11.3 Å². The molecule has 0 saturated carbocycles. The molecule has 7 nitrogen and oxygen atoms in total. The van der Waals surface area contributed by atoms with Gasteiger partial charge in [-0.1, -0.05) is 35.0 Å². The van der Waals surface area contributed by atoms with Gasteiger partial charge < -0.3 is 5.32 Å². The minimum atomic E-state index is -3.88. The first-order chi connectivity index (χ1) is 14.8. The van der Waals surface area contributed by atoms with E-state index in [1.165, 1.54) is 15.9 Å². The molecule has 5 rings (SSSR count). The second-order valence-corrected chi connectivity index (χ2v) is 10.3. The standard InChI is InChI=1S/C22H19N5O2S2/c1-13-5-8-16(9-6-13)31(28,29)22-21-24-20(23-17-12-14(2)4-7-15(17)3)19-18(10-11-30-19)27(21)26-25-22/h4-12H,1-3H3,(H,23,24). The average molecular weight is 450 g/mol. The van der Waals surface area contributed by atoms with E-state index in [9.17, 15) is 8.42 Å². The zero-order valence-corrected chi connectivity index (χ0v) is 18.8. The second-order valence-electron chi connectivity index (χ2n) is 7.49. The minimum Gasteiger partial charge on any atom is -0.339 e. The third kappa shape index (κ3) is 3.26. The smallest absolute Gasteiger partial charge is 0.229 e. The van der Waals surface area contributed by atoms with Crippen molar-refractivity contribution >= 4 is 48.5 Å². The fourth-order valence-electron chi connectivity index (χ4n) is 3.41. The van der Waals surface area contributed by atoms with Crippen molar-refractivity contribution in [2.24, 2.45) is 0 Å². The first-order valence-electron chi connectivity index (χ1n) is 9.63. The van der Waals surface area contributed by atoms with E-state index < -0.39 is 9.84 Å². The fraction of sp³-hybridized carbons (Fsp3) is 0.136. The van der Waals surface area contributed by atoms with Gasteiger partial charge in [-0.2, -0.15) is 4.52 Å². The van der Waals surface area contributed by atoms with Crippen LogP contribution in [0.25, 0.3) is 15.9 Å². The molecule has 0 aliphatic rings. The summed E-state index contributed by atoms with van der Waals surface area (Å²) in [5, 5.41) is 13.3. The van der Waals surface area contributed by atoms with E-state index in [1.807, 2.05) is 50.4 Å². The van der Waals surface area contributed by atoms with Gasteiger partial charge in [0.15, 0.2) is 11.5 Å². The zero-order chi connectivity index (χ0) is 21.8. The van der Waals surface area contributed by atoms with Crippen molar-refractivity contribution in [1.29, 1.82) is 0 Å². The summed E-state index contributed by atoms with van der Waals surface area (Å²) >= 11 is 1.51. The van der Waals surface area contributed by atoms with E-state index in [0.717, 1.165) is 32.6 Å². The number of benzene rings is 2. The maximum absolute atomic E-state index is 13.3. The van der Waals surface area contributed by atoms with Crippen LogP contribution < -0.4 is 5.32 Å². The second kappa shape index (κ2) is 7.14. The molecule has 0 amide bonds. The number of hydrogen-bond acceptors (Lipinski definition) is 7. The van der Waals surface area contributed by atoms with Gasteiger partial charge >= 0.3 is 0 Å². The number of fused-ring (bicyclic) bond motifs is 3. The van der Waals surface area contributed by atoms with E-state index in [1.54, 1.807) is 24.3 Å². The first kappa shape index (κ1) is 19.7. The lowest BCUT2D eigenvalue weighted by atomic mass is 10.1. The molecule has 31 heavy (non-hydrogen) atoms. The number of anilines is 2. The molecular weight excluding hydrogens is 430 g/mol. The molecule has 0 fully saturated rings. The molecule has 3 aromatic heterocycles. The molecule has 0 aliphatic heterocycles. The van der Waals surface area contributed by atoms with Crippen molar-refractivity contribution in [2.75, 3.05) is 5.32 Å². The highest BCUT2D eigenvalue weighted by Crippen LogP contribution is 2.33. The van der Waals surface area contributed by atoms with E-state index in [4.69, 9.17) is 0 Å². The Bertz CT molecular complexity index is 1550. The Kier molecular flexibility index (Phi) is 4.53. The van der Waals surface area contributed by atoms with Crippen molar-refractivity contribution < 1.29 is 8.42 Å². The number of aryl methyl sites for hydroxylation is 3. The third-order valence-electron chi connectivity index (χ3n) is 5.15. The van der Waals surface area contributed by atoms with Crippen molar-refractivity contribution in [1.82, 2.24) is 19.8 Å². The normalized spacial score (nSPS) is 12.0. The fourth-order valence-corrected chi connectivity index (χ4v) is 5.46. The highest BCUT2D eigenvalue weighted by Gasteiger charge is 2.27. The van der Waals surface area contributed by atoms with Crippen molar-refractivity contribution in [3.05, 3.63) is 70.6 Å². The number of nitrogens with zero attached hydrogens (tertiary/aromatic N) is 4. The number of sulfone groups is 1. The van der Waals surface area contributed by atoms with Crippen LogP contribution in [0.4, 0.5) is 11.5 Å². The predicted octanol–water partition coefficient (Wildman–Crippen LogP) is 4.84. The van der Waals surface area contributed by atoms with Crippen LogP contribution in [0, 0.1) is 20.8 Å². The molecule has 0 spiro atoms. The third-order valence-corrected chi connectivity index (χ3v) is 7.73. The maximum Gasteiger partial charge on any atom is 0.229 e. The summed E-state index contributed by atoms with van der Waals surface area (Å²) in [6.07, 6.45) is 0. The monoisotopic (exact) mass is 449 g/mol. The molecule has 0 unspecified atom stereocenters. The Morgan fingerprint density at radius 2 is 1.71 bits per heavy atom. The van der Waals surface area contributed by atoms with E-state index in [0.29, 0.717) is 5.82 Å². The van der Waals surface area contributed by atoms with Crippen LogP contribution in [0.3, 0.4) is 0 Å². The lowest BCUT2D eigenvalue weighted by molar-refractivity contribution is 0.592. The molecular formula is C22H19N5O2S2. The van der Waals surface area contributed by atoms with Gasteiger partial charge in [0.2, 0.25) is 14.9 Å². The van der Waals surface area contributed by atoms with Crippen LogP contribution in [0.1, 0.15) is 16.7 Å². The lowest BCUT2D eigenvalue weighted by Gasteiger charge is -2.11. The highest BCUT2D eigenvalue weighted by atomic mass is 32.2. The average Bonchev–Trinajstić information content (AvgIpc) is 3.38. The number of hydrogen-bond donors (Lipinski definition) is 1. The summed E-state index contributed by atoms with van der Waals surface area (Å²) < 4.78 is 28.9. The van der Waals surface area contributed by atoms with Gasteiger partial charge in [-0.3, -0.25) is 0 Å². The van der Waals surface area contributed by atoms with Crippen LogP contribution in [0.15, 0.2) is 63.8 Å². The number of thiophene rings is 1. The minimum absolute atomic E-state index is 0.159. The SMILES string of the molecule is Cc1ccc(S(=O)(=O)c2nnn3c2nc(Nc2cc(C)ccc2C)c2sccc23)cc1. The molecule has 0 atom stereocenters. The van der Waals surface area contributed by atoms with Crippen molar-refractivity contribution in [2.45, 2.75) is 30.7 Å². The van der Waals surface area contributed by atoms with Crippen LogP contribution in [-0.2, 0) is 9.84 Å². The Hall–Kier alpha value is -3.30. The molecule has 3 heterocycles. The van der Waals surface area contributed by atoms with Gasteiger partial charge in [-0.05, 0) is 61.5 Å². The van der Waals surface area contributed by atoms with Crippen molar-refractivity contribution in [3.8, 4) is 0 Å². The number of nitrogens with one attached hydrogen (secondary N) is 1. The molecule has 156 valence electrons. The highest BCUT2D eigenvalue weighted by molar-refractivity contribution is 7.91.